The van der Waals surface area contributed by atoms with E-state index in [9.17, 15) is 4.79 Å². The molecule has 4 aliphatic rings. The monoisotopic (exact) mass is 261 g/mol. The average molecular weight is 261 g/mol. The van der Waals surface area contributed by atoms with Crippen LogP contribution in [0.15, 0.2) is 0 Å². The molecule has 1 atom stereocenters. The van der Waals surface area contributed by atoms with Crippen LogP contribution in [0.1, 0.15) is 52.4 Å². The van der Waals surface area contributed by atoms with E-state index in [1.165, 1.54) is 19.3 Å². The average Bonchev–Trinajstić information content (AvgIpc) is 2.33. The molecule has 0 N–H and O–H groups in total. The Hall–Kier alpha value is -1.04. The van der Waals surface area contributed by atoms with Gasteiger partial charge in [0.15, 0.2) is 6.10 Å². The Bertz CT molecular complexity index is 386. The predicted molar refractivity (Wildman–Crippen MR) is 70.9 cm³/mol. The van der Waals surface area contributed by atoms with Crippen LogP contribution < -0.4 is 0 Å². The van der Waals surface area contributed by atoms with E-state index < -0.39 is 6.10 Å². The van der Waals surface area contributed by atoms with Gasteiger partial charge in [-0.3, -0.25) is 4.79 Å². The molecule has 0 aromatic carbocycles. The lowest BCUT2D eigenvalue weighted by Crippen LogP contribution is -2.51. The number of hydrogen-bond donors (Lipinski definition) is 0. The molecule has 4 aliphatic carbocycles. The van der Waals surface area contributed by atoms with Crippen LogP contribution in [0.5, 0.6) is 0 Å². The number of carbonyl (C=O) groups excluding carboxylic acids is 1. The number of nitriles is 1. The molecule has 4 rings (SSSR count). The summed E-state index contributed by atoms with van der Waals surface area (Å²) in [4.78, 5) is 12.6. The Morgan fingerprint density at radius 2 is 1.63 bits per heavy atom. The Labute approximate surface area is 115 Å². The summed E-state index contributed by atoms with van der Waals surface area (Å²) in [6.45, 7) is 3.86. The molecule has 0 aromatic rings. The first kappa shape index (κ1) is 13.0. The number of esters is 1. The molecule has 104 valence electrons. The molecular weight excluding hydrogens is 238 g/mol. The van der Waals surface area contributed by atoms with E-state index in [-0.39, 0.29) is 17.3 Å². The molecule has 0 heterocycles. The molecule has 4 saturated carbocycles. The first-order valence-corrected chi connectivity index (χ1v) is 7.63. The van der Waals surface area contributed by atoms with Gasteiger partial charge < -0.3 is 4.74 Å². The lowest BCUT2D eigenvalue weighted by molar-refractivity contribution is -0.176. The highest BCUT2D eigenvalue weighted by Gasteiger charge is 2.55. The molecule has 0 saturated heterocycles. The van der Waals surface area contributed by atoms with E-state index in [2.05, 4.69) is 6.07 Å². The molecule has 0 aromatic heterocycles. The van der Waals surface area contributed by atoms with Crippen molar-refractivity contribution in [1.29, 1.82) is 5.26 Å². The molecule has 0 spiro atoms. The van der Waals surface area contributed by atoms with Gasteiger partial charge >= 0.3 is 5.97 Å². The molecule has 19 heavy (non-hydrogen) atoms. The summed E-state index contributed by atoms with van der Waals surface area (Å²) in [7, 11) is 0. The Kier molecular flexibility index (Phi) is 3.08. The minimum Gasteiger partial charge on any atom is -0.446 e. The van der Waals surface area contributed by atoms with Gasteiger partial charge in [-0.25, -0.2) is 0 Å². The van der Waals surface area contributed by atoms with E-state index in [0.29, 0.717) is 0 Å². The van der Waals surface area contributed by atoms with Gasteiger partial charge in [0.1, 0.15) is 6.07 Å². The largest absolute Gasteiger partial charge is 0.446 e. The van der Waals surface area contributed by atoms with E-state index in [4.69, 9.17) is 10.00 Å². The number of hydrogen-bond acceptors (Lipinski definition) is 3. The highest BCUT2D eigenvalue weighted by molar-refractivity contribution is 5.78. The fourth-order valence-electron chi connectivity index (χ4n) is 4.91. The summed E-state index contributed by atoms with van der Waals surface area (Å²) in [6, 6.07) is 2.12. The van der Waals surface area contributed by atoms with Crippen LogP contribution >= 0.6 is 0 Å². The smallest absolute Gasteiger partial charge is 0.313 e. The van der Waals surface area contributed by atoms with Crippen LogP contribution in [0.4, 0.5) is 0 Å². The van der Waals surface area contributed by atoms with Crippen LogP contribution in [0.3, 0.4) is 0 Å². The van der Waals surface area contributed by atoms with Crippen molar-refractivity contribution >= 4 is 5.97 Å². The van der Waals surface area contributed by atoms with Crippen molar-refractivity contribution in [2.75, 3.05) is 0 Å². The molecule has 3 nitrogen and oxygen atoms in total. The van der Waals surface area contributed by atoms with Crippen LogP contribution in [-0.2, 0) is 9.53 Å². The molecule has 0 aliphatic heterocycles. The van der Waals surface area contributed by atoms with E-state index in [0.717, 1.165) is 37.0 Å². The molecule has 4 fully saturated rings. The van der Waals surface area contributed by atoms with Crippen molar-refractivity contribution in [3.8, 4) is 6.07 Å². The third kappa shape index (κ3) is 2.16. The minimum absolute atomic E-state index is 0.0721. The Morgan fingerprint density at radius 3 is 2.00 bits per heavy atom. The summed E-state index contributed by atoms with van der Waals surface area (Å²) >= 11 is 0. The van der Waals surface area contributed by atoms with Gasteiger partial charge in [0.2, 0.25) is 0 Å². The minimum atomic E-state index is -0.583. The van der Waals surface area contributed by atoms with Crippen LogP contribution in [-0.4, -0.2) is 12.1 Å². The topological polar surface area (TPSA) is 50.1 Å². The van der Waals surface area contributed by atoms with Crippen molar-refractivity contribution in [2.24, 2.45) is 29.1 Å². The van der Waals surface area contributed by atoms with Crippen molar-refractivity contribution in [2.45, 2.75) is 58.5 Å². The highest BCUT2D eigenvalue weighted by Crippen LogP contribution is 2.60. The van der Waals surface area contributed by atoms with Gasteiger partial charge in [-0.2, -0.15) is 5.26 Å². The highest BCUT2D eigenvalue weighted by atomic mass is 16.5. The first-order chi connectivity index (χ1) is 9.02. The zero-order chi connectivity index (χ0) is 13.6. The first-order valence-electron chi connectivity index (χ1n) is 7.63. The Balaban J connectivity index is 1.75. The lowest BCUT2D eigenvalue weighted by Gasteiger charge is -2.55. The fraction of sp³-hybridized carbons (Fsp3) is 0.875. The van der Waals surface area contributed by atoms with E-state index in [1.54, 1.807) is 0 Å². The van der Waals surface area contributed by atoms with Crippen molar-refractivity contribution in [1.82, 2.24) is 0 Å². The zero-order valence-electron chi connectivity index (χ0n) is 11.9. The van der Waals surface area contributed by atoms with Gasteiger partial charge in [-0.15, -0.1) is 0 Å². The van der Waals surface area contributed by atoms with Crippen molar-refractivity contribution in [3.63, 3.8) is 0 Å². The normalized spacial score (nSPS) is 41.1. The van der Waals surface area contributed by atoms with E-state index >= 15 is 0 Å². The summed E-state index contributed by atoms with van der Waals surface area (Å²) in [6.07, 6.45) is 6.39. The molecule has 0 radical (unpaired) electrons. The van der Waals surface area contributed by atoms with Gasteiger partial charge in [-0.05, 0) is 56.3 Å². The molecule has 3 heteroatoms. The maximum atomic E-state index is 12.6. The number of ether oxygens (including phenoxy) is 1. The van der Waals surface area contributed by atoms with Crippen LogP contribution in [0, 0.1) is 40.4 Å². The summed E-state index contributed by atoms with van der Waals surface area (Å²) < 4.78 is 5.55. The summed E-state index contributed by atoms with van der Waals surface area (Å²) in [5.74, 6) is 2.20. The van der Waals surface area contributed by atoms with Crippen molar-refractivity contribution in [3.05, 3.63) is 0 Å². The van der Waals surface area contributed by atoms with E-state index in [1.807, 2.05) is 13.8 Å². The number of carbonyl (C=O) groups is 1. The molecule has 1 unspecified atom stereocenters. The predicted octanol–water partition coefficient (Wildman–Crippen LogP) is 3.29. The second-order valence-electron chi connectivity index (χ2n) is 7.40. The molecular formula is C16H23NO2. The SMILES string of the molecule is CC(C)C(C#N)OC(=O)C12CC3CC(CC(C3)C1)C2. The van der Waals surface area contributed by atoms with Crippen LogP contribution in [0.2, 0.25) is 0 Å². The number of rotatable bonds is 3. The third-order valence-corrected chi connectivity index (χ3v) is 5.44. The molecule has 0 amide bonds. The fourth-order valence-corrected chi connectivity index (χ4v) is 4.91. The maximum absolute atomic E-state index is 12.6. The zero-order valence-corrected chi connectivity index (χ0v) is 11.9. The lowest BCUT2D eigenvalue weighted by atomic mass is 9.49. The molecule has 4 bridgehead atoms. The number of nitrogens with zero attached hydrogens (tertiary/aromatic N) is 1. The van der Waals surface area contributed by atoms with Gasteiger partial charge in [0, 0.05) is 5.92 Å². The quantitative estimate of drug-likeness (QED) is 0.732. The second-order valence-corrected chi connectivity index (χ2v) is 7.40. The van der Waals surface area contributed by atoms with Gasteiger partial charge in [0.05, 0.1) is 5.41 Å². The van der Waals surface area contributed by atoms with Gasteiger partial charge in [0.25, 0.3) is 0 Å². The second kappa shape index (κ2) is 4.51. The Morgan fingerprint density at radius 1 is 1.16 bits per heavy atom. The van der Waals surface area contributed by atoms with Gasteiger partial charge in [-0.1, -0.05) is 13.8 Å². The van der Waals surface area contributed by atoms with Crippen molar-refractivity contribution < 1.29 is 9.53 Å². The van der Waals surface area contributed by atoms with Crippen LogP contribution in [0.25, 0.3) is 0 Å². The summed E-state index contributed by atoms with van der Waals surface area (Å²) in [5, 5.41) is 9.10. The maximum Gasteiger partial charge on any atom is 0.313 e. The standard InChI is InChI=1S/C16H23NO2/c1-10(2)14(9-17)19-15(18)16-6-11-3-12(7-16)5-13(4-11)8-16/h10-14H,3-8H2,1-2H3. The third-order valence-electron chi connectivity index (χ3n) is 5.44. The summed E-state index contributed by atoms with van der Waals surface area (Å²) in [5.41, 5.74) is -0.237.